The lowest BCUT2D eigenvalue weighted by Gasteiger charge is -2.34. The minimum atomic E-state index is -2.00. The highest BCUT2D eigenvalue weighted by Gasteiger charge is 2.73. The van der Waals surface area contributed by atoms with Crippen molar-refractivity contribution in [2.75, 3.05) is 0 Å². The Morgan fingerprint density at radius 1 is 1.19 bits per heavy atom. The molecule has 1 saturated carbocycles. The van der Waals surface area contributed by atoms with Crippen LogP contribution in [0.25, 0.3) is 0 Å². The van der Waals surface area contributed by atoms with Crippen LogP contribution in [0.1, 0.15) is 59.7 Å². The first-order chi connectivity index (χ1) is 14.8. The molecule has 31 heavy (non-hydrogen) atoms. The van der Waals surface area contributed by atoms with E-state index in [0.717, 1.165) is 11.1 Å². The summed E-state index contributed by atoms with van der Waals surface area (Å²) in [6.07, 6.45) is 8.15. The first-order valence-electron chi connectivity index (χ1n) is 10.5. The van der Waals surface area contributed by atoms with Gasteiger partial charge in [0.2, 0.25) is 5.54 Å². The predicted molar refractivity (Wildman–Crippen MR) is 115 cm³/mol. The van der Waals surface area contributed by atoms with Crippen molar-refractivity contribution < 1.29 is 19.4 Å². The van der Waals surface area contributed by atoms with Crippen LogP contribution in [0.5, 0.6) is 5.75 Å². The number of rotatable bonds is 3. The number of aliphatic hydroxyl groups is 1. The molecule has 1 aliphatic heterocycles. The molecule has 2 aromatic rings. The van der Waals surface area contributed by atoms with Crippen molar-refractivity contribution >= 4 is 11.7 Å². The maximum atomic E-state index is 13.8. The molecule has 1 amide bonds. The molecule has 0 bridgehead atoms. The molecule has 2 N–H and O–H groups in total. The van der Waals surface area contributed by atoms with E-state index >= 15 is 0 Å². The second-order valence-corrected chi connectivity index (χ2v) is 8.75. The number of fused-ring (bicyclic) bond motifs is 5. The van der Waals surface area contributed by atoms with E-state index < -0.39 is 17.2 Å². The van der Waals surface area contributed by atoms with Crippen LogP contribution in [0.3, 0.4) is 0 Å². The molecule has 0 saturated heterocycles. The number of pyridine rings is 1. The summed E-state index contributed by atoms with van der Waals surface area (Å²) in [5, 5.41) is 14.7. The standard InChI is InChI=1S/C25H24N2O4/c1-14(2)16-8-9-20-21(11-16)31-25(30)19-7-5-4-6-18(19)22(28)24(20,25)27-23(29)17-10-15(3)12-26-13-17/h6-14,30H,4-5H2,1-3H3,(H,27,29). The molecular formula is C25H24N2O4. The molecule has 3 aliphatic rings. The van der Waals surface area contributed by atoms with Gasteiger partial charge in [-0.05, 0) is 48.9 Å². The normalized spacial score (nSPS) is 25.9. The number of ketones is 1. The van der Waals surface area contributed by atoms with Crippen molar-refractivity contribution in [2.24, 2.45) is 0 Å². The minimum Gasteiger partial charge on any atom is -0.454 e. The second kappa shape index (κ2) is 6.62. The van der Waals surface area contributed by atoms with Crippen LogP contribution in [0.2, 0.25) is 0 Å². The number of carbonyl (C=O) groups excluding carboxylic acids is 2. The van der Waals surface area contributed by atoms with Crippen LogP contribution < -0.4 is 10.1 Å². The van der Waals surface area contributed by atoms with Crippen LogP contribution in [-0.4, -0.2) is 27.6 Å². The van der Waals surface area contributed by atoms with Crippen LogP contribution in [0.15, 0.2) is 60.0 Å². The lowest BCUT2D eigenvalue weighted by Crippen LogP contribution is -2.62. The third-order valence-electron chi connectivity index (χ3n) is 6.38. The Balaban J connectivity index is 1.70. The summed E-state index contributed by atoms with van der Waals surface area (Å²) < 4.78 is 6.11. The van der Waals surface area contributed by atoms with Gasteiger partial charge < -0.3 is 15.2 Å². The second-order valence-electron chi connectivity index (χ2n) is 8.75. The number of aryl methyl sites for hydroxylation is 1. The molecule has 158 valence electrons. The van der Waals surface area contributed by atoms with E-state index in [0.29, 0.717) is 40.9 Å². The molecule has 2 heterocycles. The summed E-state index contributed by atoms with van der Waals surface area (Å²) in [5.74, 6) is -2.19. The Morgan fingerprint density at radius 2 is 1.97 bits per heavy atom. The highest BCUT2D eigenvalue weighted by atomic mass is 16.6. The fraction of sp³-hybridized carbons (Fsp3) is 0.320. The number of hydrogen-bond donors (Lipinski definition) is 2. The summed E-state index contributed by atoms with van der Waals surface area (Å²) in [4.78, 5) is 31.1. The third kappa shape index (κ3) is 2.58. The smallest absolute Gasteiger partial charge is 0.270 e. The quantitative estimate of drug-likeness (QED) is 0.800. The van der Waals surface area contributed by atoms with E-state index in [-0.39, 0.29) is 11.7 Å². The molecule has 2 atom stereocenters. The Morgan fingerprint density at radius 3 is 2.71 bits per heavy atom. The van der Waals surface area contributed by atoms with Gasteiger partial charge >= 0.3 is 0 Å². The third-order valence-corrected chi connectivity index (χ3v) is 6.38. The molecule has 6 nitrogen and oxygen atoms in total. The van der Waals surface area contributed by atoms with Gasteiger partial charge in [0.25, 0.3) is 11.7 Å². The van der Waals surface area contributed by atoms with Crippen molar-refractivity contribution in [3.05, 3.63) is 82.2 Å². The number of amides is 1. The summed E-state index contributed by atoms with van der Waals surface area (Å²) in [6, 6.07) is 7.24. The van der Waals surface area contributed by atoms with Gasteiger partial charge in [-0.25, -0.2) is 0 Å². The predicted octanol–water partition coefficient (Wildman–Crippen LogP) is 3.45. The van der Waals surface area contributed by atoms with Crippen LogP contribution >= 0.6 is 0 Å². The van der Waals surface area contributed by atoms with E-state index in [1.54, 1.807) is 18.3 Å². The van der Waals surface area contributed by atoms with E-state index in [1.807, 2.05) is 31.2 Å². The first-order valence-corrected chi connectivity index (χ1v) is 10.5. The van der Waals surface area contributed by atoms with E-state index in [1.165, 1.54) is 6.20 Å². The molecule has 1 aromatic heterocycles. The Labute approximate surface area is 180 Å². The van der Waals surface area contributed by atoms with Gasteiger partial charge in [-0.2, -0.15) is 0 Å². The van der Waals surface area contributed by atoms with Crippen LogP contribution in [0, 0.1) is 6.92 Å². The summed E-state index contributed by atoms with van der Waals surface area (Å²) >= 11 is 0. The average molecular weight is 416 g/mol. The molecule has 1 aromatic carbocycles. The molecule has 1 fully saturated rings. The van der Waals surface area contributed by atoms with Crippen molar-refractivity contribution in [3.8, 4) is 5.75 Å². The SMILES string of the molecule is Cc1cncc(C(=O)NC23C(=O)C4=CCCC=C4C2(O)Oc2cc(C(C)C)ccc23)c1. The number of nitrogens with one attached hydrogen (secondary N) is 1. The molecular weight excluding hydrogens is 392 g/mol. The first kappa shape index (κ1) is 19.7. The highest BCUT2D eigenvalue weighted by molar-refractivity contribution is 6.15. The van der Waals surface area contributed by atoms with Crippen LogP contribution in [0.4, 0.5) is 0 Å². The topological polar surface area (TPSA) is 88.5 Å². The number of Topliss-reactive ketones (excluding diaryl/α,β-unsaturated/α-hetero) is 1. The van der Waals surface area contributed by atoms with Crippen molar-refractivity contribution in [2.45, 2.75) is 50.9 Å². The maximum Gasteiger partial charge on any atom is 0.270 e. The van der Waals surface area contributed by atoms with Crippen LogP contribution in [-0.2, 0) is 10.3 Å². The zero-order valence-corrected chi connectivity index (χ0v) is 17.7. The lowest BCUT2D eigenvalue weighted by molar-refractivity contribution is -0.152. The van der Waals surface area contributed by atoms with Crippen molar-refractivity contribution in [3.63, 3.8) is 0 Å². The monoisotopic (exact) mass is 416 g/mol. The Hall–Kier alpha value is -3.25. The molecule has 0 spiro atoms. The molecule has 2 aliphatic carbocycles. The Kier molecular flexibility index (Phi) is 4.21. The minimum absolute atomic E-state index is 0.243. The van der Waals surface area contributed by atoms with Crippen molar-refractivity contribution in [1.82, 2.24) is 10.3 Å². The molecule has 2 unspecified atom stereocenters. The number of carbonyl (C=O) groups is 2. The van der Waals surface area contributed by atoms with E-state index in [4.69, 9.17) is 4.74 Å². The number of allylic oxidation sites excluding steroid dienone is 2. The van der Waals surface area contributed by atoms with Gasteiger partial charge in [0.15, 0.2) is 5.78 Å². The number of ether oxygens (including phenoxy) is 1. The fourth-order valence-electron chi connectivity index (χ4n) is 4.79. The summed E-state index contributed by atoms with van der Waals surface area (Å²) in [7, 11) is 0. The molecule has 5 rings (SSSR count). The Bertz CT molecular complexity index is 1200. The average Bonchev–Trinajstić information content (AvgIpc) is 3.11. The number of benzene rings is 1. The fourth-order valence-corrected chi connectivity index (χ4v) is 4.79. The zero-order valence-electron chi connectivity index (χ0n) is 17.7. The van der Waals surface area contributed by atoms with Gasteiger partial charge in [0.1, 0.15) is 5.75 Å². The van der Waals surface area contributed by atoms with Gasteiger partial charge in [-0.1, -0.05) is 38.1 Å². The lowest BCUT2D eigenvalue weighted by atomic mass is 9.82. The summed E-state index contributed by atoms with van der Waals surface area (Å²) in [5.41, 5.74) is 1.71. The van der Waals surface area contributed by atoms with Gasteiger partial charge in [0, 0.05) is 29.1 Å². The van der Waals surface area contributed by atoms with Gasteiger partial charge in [0.05, 0.1) is 5.56 Å². The van der Waals surface area contributed by atoms with Gasteiger partial charge in [-0.15, -0.1) is 0 Å². The molecule has 0 radical (unpaired) electrons. The van der Waals surface area contributed by atoms with E-state index in [2.05, 4.69) is 24.1 Å². The highest BCUT2D eigenvalue weighted by Crippen LogP contribution is 2.58. The number of aromatic nitrogens is 1. The maximum absolute atomic E-state index is 13.8. The summed E-state index contributed by atoms with van der Waals surface area (Å²) in [6.45, 7) is 5.96. The van der Waals surface area contributed by atoms with Crippen molar-refractivity contribution in [1.29, 1.82) is 0 Å². The zero-order chi connectivity index (χ0) is 22.0. The number of hydrogen-bond acceptors (Lipinski definition) is 5. The number of nitrogens with zero attached hydrogens (tertiary/aromatic N) is 1. The largest absolute Gasteiger partial charge is 0.454 e. The van der Waals surface area contributed by atoms with Gasteiger partial charge in [-0.3, -0.25) is 14.6 Å². The van der Waals surface area contributed by atoms with E-state index in [9.17, 15) is 14.7 Å². The molecule has 6 heteroatoms.